The molecule has 1 nitrogen and oxygen atoms in total. The zero-order chi connectivity index (χ0) is 13.5. The van der Waals surface area contributed by atoms with Gasteiger partial charge < -0.3 is 0 Å². The largest absolute Gasteiger partial charge is 0.290 e. The van der Waals surface area contributed by atoms with Crippen molar-refractivity contribution in [3.63, 3.8) is 0 Å². The van der Waals surface area contributed by atoms with Crippen LogP contribution < -0.4 is 0 Å². The lowest BCUT2D eigenvalue weighted by molar-refractivity contribution is 0.0289. The minimum absolute atomic E-state index is 0.189. The molecule has 20 heavy (non-hydrogen) atoms. The van der Waals surface area contributed by atoms with E-state index in [2.05, 4.69) is 35.2 Å². The molecule has 0 N–H and O–H groups in total. The van der Waals surface area contributed by atoms with Crippen LogP contribution in [0.5, 0.6) is 0 Å². The van der Waals surface area contributed by atoms with E-state index >= 15 is 0 Å². The van der Waals surface area contributed by atoms with Crippen molar-refractivity contribution in [1.29, 1.82) is 0 Å². The molecule has 2 heteroatoms. The Hall–Kier alpha value is -0.890. The van der Waals surface area contributed by atoms with Gasteiger partial charge in [0.15, 0.2) is 0 Å². The Bertz CT molecular complexity index is 456. The first-order valence-corrected chi connectivity index (χ1v) is 8.25. The van der Waals surface area contributed by atoms with E-state index in [1.54, 1.807) is 0 Å². The van der Waals surface area contributed by atoms with Crippen molar-refractivity contribution in [3.05, 3.63) is 35.9 Å². The first-order chi connectivity index (χ1) is 9.81. The van der Waals surface area contributed by atoms with Gasteiger partial charge in [-0.3, -0.25) is 4.90 Å². The van der Waals surface area contributed by atoms with Crippen LogP contribution in [0, 0.1) is 11.8 Å². The lowest BCUT2D eigenvalue weighted by Gasteiger charge is -2.40. The van der Waals surface area contributed by atoms with Crippen molar-refractivity contribution in [2.45, 2.75) is 63.3 Å². The molecule has 0 amide bonds. The lowest BCUT2D eigenvalue weighted by Crippen LogP contribution is -2.47. The molecule has 0 unspecified atom stereocenters. The predicted octanol–water partition coefficient (Wildman–Crippen LogP) is 4.18. The highest BCUT2D eigenvalue weighted by atomic mass is 19.1. The molecule has 1 aromatic rings. The van der Waals surface area contributed by atoms with Crippen molar-refractivity contribution in [2.24, 2.45) is 11.8 Å². The molecule has 3 aliphatic carbocycles. The molecular formula is C18H24FN. The van der Waals surface area contributed by atoms with E-state index in [4.69, 9.17) is 0 Å². The van der Waals surface area contributed by atoms with Crippen LogP contribution in [-0.4, -0.2) is 23.2 Å². The highest BCUT2D eigenvalue weighted by molar-refractivity contribution is 5.15. The van der Waals surface area contributed by atoms with E-state index in [-0.39, 0.29) is 6.04 Å². The summed E-state index contributed by atoms with van der Waals surface area (Å²) >= 11 is 0. The number of alkyl halides is 1. The van der Waals surface area contributed by atoms with Crippen molar-refractivity contribution >= 4 is 0 Å². The molecule has 3 fully saturated rings. The molecule has 108 valence electrons. The predicted molar refractivity (Wildman–Crippen MR) is 79.1 cm³/mol. The minimum atomic E-state index is -0.585. The molecule has 0 aliphatic heterocycles. The van der Waals surface area contributed by atoms with E-state index in [0.717, 1.165) is 31.7 Å². The summed E-state index contributed by atoms with van der Waals surface area (Å²) in [4.78, 5) is 2.50. The molecule has 3 saturated carbocycles. The number of halogens is 1. The number of benzene rings is 1. The topological polar surface area (TPSA) is 3.24 Å². The van der Waals surface area contributed by atoms with Gasteiger partial charge in [0, 0.05) is 18.6 Å². The molecule has 4 rings (SSSR count). The summed E-state index contributed by atoms with van der Waals surface area (Å²) in [6.45, 7) is 0.941. The van der Waals surface area contributed by atoms with Crippen LogP contribution >= 0.6 is 0 Å². The molecule has 0 heterocycles. The Balaban J connectivity index is 1.53. The summed E-state index contributed by atoms with van der Waals surface area (Å²) in [6, 6.07) is 11.4. The first-order valence-electron chi connectivity index (χ1n) is 8.25. The number of hydrogen-bond donors (Lipinski definition) is 0. The third-order valence-electron chi connectivity index (χ3n) is 5.62. The Morgan fingerprint density at radius 1 is 1.00 bits per heavy atom. The maximum Gasteiger partial charge on any atom is 0.118 e. The highest BCUT2D eigenvalue weighted by Gasteiger charge is 2.47. The van der Waals surface area contributed by atoms with Crippen molar-refractivity contribution in [1.82, 2.24) is 4.90 Å². The van der Waals surface area contributed by atoms with Crippen molar-refractivity contribution in [3.8, 4) is 0 Å². The summed E-state index contributed by atoms with van der Waals surface area (Å²) in [5, 5.41) is 0. The molecular weight excluding hydrogens is 249 g/mol. The Morgan fingerprint density at radius 3 is 2.55 bits per heavy atom. The van der Waals surface area contributed by atoms with Crippen molar-refractivity contribution < 1.29 is 4.39 Å². The van der Waals surface area contributed by atoms with Gasteiger partial charge in [-0.2, -0.15) is 0 Å². The lowest BCUT2D eigenvalue weighted by atomic mass is 9.83. The number of hydrogen-bond acceptors (Lipinski definition) is 1. The summed E-state index contributed by atoms with van der Waals surface area (Å²) in [5.41, 5.74) is 1.34. The molecule has 1 aromatic carbocycles. The van der Waals surface area contributed by atoms with Crippen LogP contribution in [0.1, 0.15) is 44.1 Å². The standard InChI is InChI=1S/C18H24FN/c19-18-15-7-6-14(10-15)11-17(18)20(16-8-9-16)12-13-4-2-1-3-5-13/h1-5,14-18H,6-12H2/t14-,15+,17+,18-/m0/s1. The Kier molecular flexibility index (Phi) is 3.30. The molecule has 3 aliphatic rings. The molecule has 0 spiro atoms. The average molecular weight is 273 g/mol. The smallest absolute Gasteiger partial charge is 0.118 e. The van der Waals surface area contributed by atoms with E-state index < -0.39 is 6.17 Å². The number of nitrogens with zero attached hydrogens (tertiary/aromatic N) is 1. The Labute approximate surface area is 121 Å². The third-order valence-corrected chi connectivity index (χ3v) is 5.62. The van der Waals surface area contributed by atoms with Crippen LogP contribution in [0.2, 0.25) is 0 Å². The van der Waals surface area contributed by atoms with Gasteiger partial charge in [0.05, 0.1) is 0 Å². The van der Waals surface area contributed by atoms with Gasteiger partial charge in [-0.05, 0) is 49.5 Å². The number of fused-ring (bicyclic) bond motifs is 2. The van der Waals surface area contributed by atoms with Crippen LogP contribution in [0.15, 0.2) is 30.3 Å². The quantitative estimate of drug-likeness (QED) is 0.795. The molecule has 0 aromatic heterocycles. The Morgan fingerprint density at radius 2 is 1.80 bits per heavy atom. The zero-order valence-electron chi connectivity index (χ0n) is 12.0. The van der Waals surface area contributed by atoms with Gasteiger partial charge in [0.1, 0.15) is 6.17 Å². The van der Waals surface area contributed by atoms with Gasteiger partial charge >= 0.3 is 0 Å². The van der Waals surface area contributed by atoms with Gasteiger partial charge in [0.2, 0.25) is 0 Å². The van der Waals surface area contributed by atoms with Crippen LogP contribution in [0.4, 0.5) is 4.39 Å². The molecule has 4 atom stereocenters. The van der Waals surface area contributed by atoms with Crippen LogP contribution in [-0.2, 0) is 6.54 Å². The summed E-state index contributed by atoms with van der Waals surface area (Å²) in [5.74, 6) is 1.16. The van der Waals surface area contributed by atoms with E-state index in [0.29, 0.717) is 12.0 Å². The summed E-state index contributed by atoms with van der Waals surface area (Å²) < 4.78 is 14.8. The second kappa shape index (κ2) is 5.14. The van der Waals surface area contributed by atoms with Gasteiger partial charge in [-0.15, -0.1) is 0 Å². The highest BCUT2D eigenvalue weighted by Crippen LogP contribution is 2.47. The van der Waals surface area contributed by atoms with Crippen LogP contribution in [0.3, 0.4) is 0 Å². The molecule has 0 radical (unpaired) electrons. The van der Waals surface area contributed by atoms with E-state index in [1.165, 1.54) is 24.8 Å². The second-order valence-corrected chi connectivity index (χ2v) is 7.08. The van der Waals surface area contributed by atoms with E-state index in [9.17, 15) is 4.39 Å². The normalized spacial score (nSPS) is 36.5. The van der Waals surface area contributed by atoms with Crippen molar-refractivity contribution in [2.75, 3.05) is 0 Å². The SMILES string of the molecule is F[C@H]1[C@@H]2CC[C@@H](C2)C[C@H]1N(Cc1ccccc1)C1CC1. The fourth-order valence-corrected chi connectivity index (χ4v) is 4.44. The molecule has 2 bridgehead atoms. The maximum absolute atomic E-state index is 14.8. The third kappa shape index (κ3) is 2.39. The van der Waals surface area contributed by atoms with E-state index in [1.807, 2.05) is 0 Å². The average Bonchev–Trinajstić information content (AvgIpc) is 3.24. The monoisotopic (exact) mass is 273 g/mol. The van der Waals surface area contributed by atoms with Gasteiger partial charge in [-0.1, -0.05) is 36.8 Å². The summed E-state index contributed by atoms with van der Waals surface area (Å²) in [7, 11) is 0. The van der Waals surface area contributed by atoms with Crippen LogP contribution in [0.25, 0.3) is 0 Å². The molecule has 0 saturated heterocycles. The number of rotatable bonds is 4. The fourth-order valence-electron chi connectivity index (χ4n) is 4.44. The fraction of sp³-hybridized carbons (Fsp3) is 0.667. The van der Waals surface area contributed by atoms with Gasteiger partial charge in [-0.25, -0.2) is 4.39 Å². The maximum atomic E-state index is 14.8. The second-order valence-electron chi connectivity index (χ2n) is 7.08. The minimum Gasteiger partial charge on any atom is -0.290 e. The first kappa shape index (κ1) is 12.8. The zero-order valence-corrected chi connectivity index (χ0v) is 12.0. The van der Waals surface area contributed by atoms with Gasteiger partial charge in [0.25, 0.3) is 0 Å². The summed E-state index contributed by atoms with van der Waals surface area (Å²) in [6.07, 6.45) is 6.61.